The minimum absolute atomic E-state index is 0.0136. The fourth-order valence-electron chi connectivity index (χ4n) is 1.49. The van der Waals surface area contributed by atoms with Crippen molar-refractivity contribution < 1.29 is 14.3 Å². The third-order valence-electron chi connectivity index (χ3n) is 2.67. The van der Waals surface area contributed by atoms with Gasteiger partial charge >= 0.3 is 0 Å². The molecule has 0 saturated heterocycles. The lowest BCUT2D eigenvalue weighted by Gasteiger charge is -2.14. The van der Waals surface area contributed by atoms with E-state index in [1.54, 1.807) is 33.3 Å². The van der Waals surface area contributed by atoms with Gasteiger partial charge in [0.25, 0.3) is 5.91 Å². The van der Waals surface area contributed by atoms with Gasteiger partial charge in [-0.25, -0.2) is 0 Å². The number of nitrogens with zero attached hydrogens (tertiary/aromatic N) is 1. The van der Waals surface area contributed by atoms with E-state index in [0.717, 1.165) is 12.1 Å². The molecular formula is C14H21ClN2O3. The number of amides is 1. The zero-order valence-corrected chi connectivity index (χ0v) is 12.9. The minimum Gasteiger partial charge on any atom is -0.483 e. The molecule has 0 aliphatic carbocycles. The average Bonchev–Trinajstić information content (AvgIpc) is 2.42. The highest BCUT2D eigenvalue weighted by atomic mass is 35.5. The predicted molar refractivity (Wildman–Crippen MR) is 79.2 cm³/mol. The fraction of sp³-hybridized carbons (Fsp3) is 0.500. The summed E-state index contributed by atoms with van der Waals surface area (Å²) in [6.45, 7) is 1.99. The van der Waals surface area contributed by atoms with Gasteiger partial charge in [-0.2, -0.15) is 0 Å². The van der Waals surface area contributed by atoms with Gasteiger partial charge in [0.1, 0.15) is 5.75 Å². The summed E-state index contributed by atoms with van der Waals surface area (Å²) in [5, 5.41) is 3.86. The van der Waals surface area contributed by atoms with E-state index in [1.807, 2.05) is 6.07 Å². The van der Waals surface area contributed by atoms with Crippen molar-refractivity contribution in [2.24, 2.45) is 0 Å². The van der Waals surface area contributed by atoms with Gasteiger partial charge in [-0.05, 0) is 18.2 Å². The molecule has 0 unspecified atom stereocenters. The molecule has 0 aliphatic heterocycles. The molecule has 0 heterocycles. The number of nitrogens with one attached hydrogen (secondary N) is 1. The molecule has 1 aromatic carbocycles. The molecule has 0 atom stereocenters. The van der Waals surface area contributed by atoms with E-state index in [0.29, 0.717) is 23.9 Å². The quantitative estimate of drug-likeness (QED) is 0.740. The number of halogens is 1. The molecule has 0 bridgehead atoms. The molecule has 112 valence electrons. The van der Waals surface area contributed by atoms with Crippen LogP contribution in [0.2, 0.25) is 5.02 Å². The maximum atomic E-state index is 11.5. The minimum atomic E-state index is -0.0850. The van der Waals surface area contributed by atoms with Crippen LogP contribution in [0.25, 0.3) is 0 Å². The number of hydrogen-bond acceptors (Lipinski definition) is 4. The highest BCUT2D eigenvalue weighted by molar-refractivity contribution is 6.30. The van der Waals surface area contributed by atoms with Gasteiger partial charge in [-0.3, -0.25) is 4.79 Å². The van der Waals surface area contributed by atoms with Crippen LogP contribution in [0.4, 0.5) is 0 Å². The number of carbonyl (C=O) groups excluding carboxylic acids is 1. The van der Waals surface area contributed by atoms with Crippen LogP contribution < -0.4 is 10.1 Å². The Balaban J connectivity index is 2.62. The molecule has 1 amide bonds. The standard InChI is InChI=1S/C14H21ClN2O3/c1-17(2)14(18)10-20-13-5-4-12(15)8-11(13)9-16-6-7-19-3/h4-5,8,16H,6-7,9-10H2,1-3H3. The Hall–Kier alpha value is -1.30. The number of methoxy groups -OCH3 is 1. The van der Waals surface area contributed by atoms with E-state index in [1.165, 1.54) is 4.90 Å². The summed E-state index contributed by atoms with van der Waals surface area (Å²) in [5.74, 6) is 0.577. The van der Waals surface area contributed by atoms with Gasteiger partial charge in [0, 0.05) is 44.9 Å². The molecule has 6 heteroatoms. The van der Waals surface area contributed by atoms with Gasteiger partial charge in [-0.1, -0.05) is 11.6 Å². The summed E-state index contributed by atoms with van der Waals surface area (Å²) in [7, 11) is 5.05. The summed E-state index contributed by atoms with van der Waals surface area (Å²) in [4.78, 5) is 13.0. The second-order valence-electron chi connectivity index (χ2n) is 4.50. The van der Waals surface area contributed by atoms with Crippen molar-refractivity contribution in [2.45, 2.75) is 6.54 Å². The summed E-state index contributed by atoms with van der Waals surface area (Å²) < 4.78 is 10.5. The first-order chi connectivity index (χ1) is 9.54. The van der Waals surface area contributed by atoms with Gasteiger partial charge in [0.15, 0.2) is 6.61 Å². The van der Waals surface area contributed by atoms with Gasteiger partial charge in [-0.15, -0.1) is 0 Å². The second-order valence-corrected chi connectivity index (χ2v) is 4.93. The lowest BCUT2D eigenvalue weighted by molar-refractivity contribution is -0.130. The predicted octanol–water partition coefficient (Wildman–Crippen LogP) is 1.54. The van der Waals surface area contributed by atoms with Crippen LogP contribution in [0, 0.1) is 0 Å². The monoisotopic (exact) mass is 300 g/mol. The highest BCUT2D eigenvalue weighted by Crippen LogP contribution is 2.22. The van der Waals surface area contributed by atoms with Gasteiger partial charge < -0.3 is 19.7 Å². The molecular weight excluding hydrogens is 280 g/mol. The molecule has 0 fully saturated rings. The molecule has 1 rings (SSSR count). The summed E-state index contributed by atoms with van der Waals surface area (Å²) in [6.07, 6.45) is 0. The van der Waals surface area contributed by atoms with Crippen LogP contribution in [0.15, 0.2) is 18.2 Å². The Labute approximate surface area is 124 Å². The maximum absolute atomic E-state index is 11.5. The SMILES string of the molecule is COCCNCc1cc(Cl)ccc1OCC(=O)N(C)C. The summed E-state index contributed by atoms with van der Waals surface area (Å²) in [6, 6.07) is 5.35. The summed E-state index contributed by atoms with van der Waals surface area (Å²) in [5.41, 5.74) is 0.917. The van der Waals surface area contributed by atoms with Crippen LogP contribution in [-0.4, -0.2) is 51.8 Å². The van der Waals surface area contributed by atoms with Crippen LogP contribution in [0.3, 0.4) is 0 Å². The highest BCUT2D eigenvalue weighted by Gasteiger charge is 2.09. The molecule has 20 heavy (non-hydrogen) atoms. The van der Waals surface area contributed by atoms with Crippen LogP contribution >= 0.6 is 11.6 Å². The topological polar surface area (TPSA) is 50.8 Å². The Kier molecular flexibility index (Phi) is 7.36. The zero-order valence-electron chi connectivity index (χ0n) is 12.1. The summed E-state index contributed by atoms with van der Waals surface area (Å²) >= 11 is 5.99. The van der Waals surface area contributed by atoms with Crippen molar-refractivity contribution in [2.75, 3.05) is 41.0 Å². The zero-order chi connectivity index (χ0) is 15.0. The molecule has 1 N–H and O–H groups in total. The van der Waals surface area contributed by atoms with Crippen molar-refractivity contribution in [3.05, 3.63) is 28.8 Å². The van der Waals surface area contributed by atoms with Crippen molar-refractivity contribution >= 4 is 17.5 Å². The van der Waals surface area contributed by atoms with Gasteiger partial charge in [0.05, 0.1) is 6.61 Å². The Morgan fingerprint density at radius 2 is 2.15 bits per heavy atom. The lowest BCUT2D eigenvalue weighted by Crippen LogP contribution is -2.28. The van der Waals surface area contributed by atoms with E-state index in [-0.39, 0.29) is 12.5 Å². The van der Waals surface area contributed by atoms with E-state index >= 15 is 0 Å². The van der Waals surface area contributed by atoms with E-state index in [4.69, 9.17) is 21.1 Å². The number of likely N-dealkylation sites (N-methyl/N-ethyl adjacent to an activating group) is 1. The largest absolute Gasteiger partial charge is 0.483 e. The Bertz CT molecular complexity index is 438. The van der Waals surface area contributed by atoms with Crippen LogP contribution in [-0.2, 0) is 16.1 Å². The first-order valence-corrected chi connectivity index (χ1v) is 6.73. The second kappa shape index (κ2) is 8.79. The fourth-order valence-corrected chi connectivity index (χ4v) is 1.69. The normalized spacial score (nSPS) is 10.4. The molecule has 0 aromatic heterocycles. The molecule has 0 aliphatic rings. The van der Waals surface area contributed by atoms with E-state index in [2.05, 4.69) is 5.32 Å². The number of rotatable bonds is 8. The average molecular weight is 301 g/mol. The van der Waals surface area contributed by atoms with Crippen molar-refractivity contribution in [3.8, 4) is 5.75 Å². The molecule has 5 nitrogen and oxygen atoms in total. The number of benzene rings is 1. The lowest BCUT2D eigenvalue weighted by atomic mass is 10.2. The van der Waals surface area contributed by atoms with Gasteiger partial charge in [0.2, 0.25) is 0 Å². The van der Waals surface area contributed by atoms with Crippen LogP contribution in [0.1, 0.15) is 5.56 Å². The van der Waals surface area contributed by atoms with E-state index < -0.39 is 0 Å². The maximum Gasteiger partial charge on any atom is 0.259 e. The molecule has 0 spiro atoms. The van der Waals surface area contributed by atoms with Crippen molar-refractivity contribution in [1.82, 2.24) is 10.2 Å². The number of ether oxygens (including phenoxy) is 2. The Morgan fingerprint density at radius 3 is 2.80 bits per heavy atom. The number of carbonyl (C=O) groups is 1. The molecule has 1 aromatic rings. The van der Waals surface area contributed by atoms with Crippen LogP contribution in [0.5, 0.6) is 5.75 Å². The first kappa shape index (κ1) is 16.8. The number of hydrogen-bond donors (Lipinski definition) is 1. The third-order valence-corrected chi connectivity index (χ3v) is 2.91. The molecule has 0 saturated carbocycles. The first-order valence-electron chi connectivity index (χ1n) is 6.35. The molecule has 0 radical (unpaired) electrons. The third kappa shape index (κ3) is 5.77. The Morgan fingerprint density at radius 1 is 1.40 bits per heavy atom. The van der Waals surface area contributed by atoms with Crippen molar-refractivity contribution in [1.29, 1.82) is 0 Å². The van der Waals surface area contributed by atoms with E-state index in [9.17, 15) is 4.79 Å². The van der Waals surface area contributed by atoms with Crippen molar-refractivity contribution in [3.63, 3.8) is 0 Å². The smallest absolute Gasteiger partial charge is 0.259 e.